The summed E-state index contributed by atoms with van der Waals surface area (Å²) in [5.41, 5.74) is 6.88. The molecule has 1 aromatic rings. The van der Waals surface area contributed by atoms with E-state index in [1.54, 1.807) is 38.1 Å². The molecule has 2 N–H and O–H groups in total. The number of ether oxygens (including phenoxy) is 4. The largest absolute Gasteiger partial charge is 0.493 e. The molecule has 1 aliphatic rings. The maximum Gasteiger partial charge on any atom is 0.338 e. The van der Waals surface area contributed by atoms with Gasteiger partial charge in [0.15, 0.2) is 11.5 Å². The Bertz CT molecular complexity index is 848. The van der Waals surface area contributed by atoms with Gasteiger partial charge in [0.1, 0.15) is 24.0 Å². The van der Waals surface area contributed by atoms with Gasteiger partial charge in [-0.1, -0.05) is 18.7 Å². The fourth-order valence-electron chi connectivity index (χ4n) is 2.82. The Morgan fingerprint density at radius 3 is 2.78 bits per heavy atom. The summed E-state index contributed by atoms with van der Waals surface area (Å²) in [5, 5.41) is 9.60. The van der Waals surface area contributed by atoms with Crippen LogP contribution in [0.25, 0.3) is 0 Å². The van der Waals surface area contributed by atoms with Gasteiger partial charge in [0.05, 0.1) is 25.2 Å². The Balaban J connectivity index is 2.59. The second kappa shape index (κ2) is 8.81. The normalized spacial score (nSPS) is 16.3. The lowest BCUT2D eigenvalue weighted by molar-refractivity contribution is -0.139. The van der Waals surface area contributed by atoms with E-state index < -0.39 is 11.9 Å². The molecule has 7 nitrogen and oxygen atoms in total. The van der Waals surface area contributed by atoms with Crippen LogP contribution in [0.5, 0.6) is 11.5 Å². The van der Waals surface area contributed by atoms with Crippen LogP contribution in [0.1, 0.15) is 25.3 Å². The van der Waals surface area contributed by atoms with Crippen LogP contribution in [0.3, 0.4) is 0 Å². The number of esters is 1. The third-order valence-electron chi connectivity index (χ3n) is 3.98. The van der Waals surface area contributed by atoms with Crippen LogP contribution in [-0.2, 0) is 14.3 Å². The predicted molar refractivity (Wildman–Crippen MR) is 98.7 cm³/mol. The van der Waals surface area contributed by atoms with E-state index in [2.05, 4.69) is 6.58 Å². The molecule has 142 valence electrons. The molecular formula is C20H22N2O5. The summed E-state index contributed by atoms with van der Waals surface area (Å²) < 4.78 is 21.5. The Labute approximate surface area is 158 Å². The standard InChI is InChI=1S/C20H22N2O5/c1-5-9-26-15-8-7-13(10-16(15)24-4)18-14(11-21)19(22)27-12(3)17(18)20(23)25-6-2/h5,7-8,10,18H,1,6,9,22H2,2-4H3. The quantitative estimate of drug-likeness (QED) is 0.581. The molecule has 0 aliphatic carbocycles. The zero-order chi connectivity index (χ0) is 20.0. The molecule has 2 rings (SSSR count). The smallest absolute Gasteiger partial charge is 0.338 e. The molecule has 0 amide bonds. The highest BCUT2D eigenvalue weighted by atomic mass is 16.5. The van der Waals surface area contributed by atoms with Gasteiger partial charge in [-0.15, -0.1) is 0 Å². The van der Waals surface area contributed by atoms with E-state index in [1.165, 1.54) is 7.11 Å². The van der Waals surface area contributed by atoms with Gasteiger partial charge >= 0.3 is 5.97 Å². The Morgan fingerprint density at radius 1 is 1.44 bits per heavy atom. The first kappa shape index (κ1) is 19.9. The SMILES string of the molecule is C=CCOc1ccc(C2C(C#N)=C(N)OC(C)=C2C(=O)OCC)cc1OC. The van der Waals surface area contributed by atoms with Crippen LogP contribution >= 0.6 is 0 Å². The Hall–Kier alpha value is -3.40. The van der Waals surface area contributed by atoms with E-state index in [0.717, 1.165) is 0 Å². The van der Waals surface area contributed by atoms with E-state index in [4.69, 9.17) is 24.7 Å². The summed E-state index contributed by atoms with van der Waals surface area (Å²) in [6.07, 6.45) is 1.62. The van der Waals surface area contributed by atoms with Crippen molar-refractivity contribution in [2.45, 2.75) is 19.8 Å². The van der Waals surface area contributed by atoms with Crippen molar-refractivity contribution in [1.82, 2.24) is 0 Å². The lowest BCUT2D eigenvalue weighted by atomic mass is 9.83. The van der Waals surface area contributed by atoms with Gasteiger partial charge in [0, 0.05) is 0 Å². The number of nitrogens with two attached hydrogens (primary N) is 1. The molecule has 0 bridgehead atoms. The second-order valence-corrected chi connectivity index (χ2v) is 5.63. The zero-order valence-corrected chi connectivity index (χ0v) is 15.6. The van der Waals surface area contributed by atoms with E-state index in [1.807, 2.05) is 6.07 Å². The topological polar surface area (TPSA) is 104 Å². The minimum atomic E-state index is -0.731. The van der Waals surface area contributed by atoms with Crippen molar-refractivity contribution >= 4 is 5.97 Å². The van der Waals surface area contributed by atoms with Crippen molar-refractivity contribution in [2.75, 3.05) is 20.3 Å². The summed E-state index contributed by atoms with van der Waals surface area (Å²) in [5.74, 6) is -0.0733. The van der Waals surface area contributed by atoms with Crippen molar-refractivity contribution in [3.63, 3.8) is 0 Å². The third kappa shape index (κ3) is 4.06. The fourth-order valence-corrected chi connectivity index (χ4v) is 2.82. The molecular weight excluding hydrogens is 348 g/mol. The van der Waals surface area contributed by atoms with E-state index in [0.29, 0.717) is 29.4 Å². The molecule has 1 atom stereocenters. The fraction of sp³-hybridized carbons (Fsp3) is 0.300. The van der Waals surface area contributed by atoms with Crippen LogP contribution in [0.15, 0.2) is 53.6 Å². The number of nitriles is 1. The van der Waals surface area contributed by atoms with Crippen molar-refractivity contribution < 1.29 is 23.7 Å². The van der Waals surface area contributed by atoms with Crippen molar-refractivity contribution in [3.8, 4) is 17.6 Å². The lowest BCUT2D eigenvalue weighted by Gasteiger charge is -2.27. The van der Waals surface area contributed by atoms with Crippen LogP contribution in [-0.4, -0.2) is 26.3 Å². The summed E-state index contributed by atoms with van der Waals surface area (Å²) in [6.45, 7) is 7.44. The lowest BCUT2D eigenvalue weighted by Crippen LogP contribution is -2.25. The van der Waals surface area contributed by atoms with Gasteiger partial charge in [-0.2, -0.15) is 5.26 Å². The van der Waals surface area contributed by atoms with Gasteiger partial charge in [0.2, 0.25) is 5.88 Å². The Morgan fingerprint density at radius 2 is 2.19 bits per heavy atom. The van der Waals surface area contributed by atoms with Crippen LogP contribution < -0.4 is 15.2 Å². The first-order valence-electron chi connectivity index (χ1n) is 8.35. The average Bonchev–Trinajstić information content (AvgIpc) is 2.65. The molecule has 0 aromatic heterocycles. The first-order valence-corrected chi connectivity index (χ1v) is 8.35. The molecule has 1 unspecified atom stereocenters. The molecule has 0 saturated heterocycles. The molecule has 0 fully saturated rings. The summed E-state index contributed by atoms with van der Waals surface area (Å²) >= 11 is 0. The molecule has 1 aliphatic heterocycles. The highest BCUT2D eigenvalue weighted by Crippen LogP contribution is 2.42. The highest BCUT2D eigenvalue weighted by molar-refractivity contribution is 5.92. The molecule has 1 aromatic carbocycles. The summed E-state index contributed by atoms with van der Waals surface area (Å²) in [6, 6.07) is 7.19. The van der Waals surface area contributed by atoms with Crippen molar-refractivity contribution in [3.05, 3.63) is 59.2 Å². The number of rotatable bonds is 7. The number of benzene rings is 1. The van der Waals surface area contributed by atoms with Crippen molar-refractivity contribution in [1.29, 1.82) is 5.26 Å². The highest BCUT2D eigenvalue weighted by Gasteiger charge is 2.36. The molecule has 0 saturated carbocycles. The molecule has 0 spiro atoms. The Kier molecular flexibility index (Phi) is 6.50. The number of nitrogens with zero attached hydrogens (tertiary/aromatic N) is 1. The monoisotopic (exact) mass is 370 g/mol. The summed E-state index contributed by atoms with van der Waals surface area (Å²) in [7, 11) is 1.51. The molecule has 1 heterocycles. The number of carbonyl (C=O) groups excluding carboxylic acids is 1. The molecule has 27 heavy (non-hydrogen) atoms. The number of carbonyl (C=O) groups is 1. The summed E-state index contributed by atoms with van der Waals surface area (Å²) in [4.78, 5) is 12.5. The number of hydrogen-bond donors (Lipinski definition) is 1. The van der Waals surface area contributed by atoms with E-state index in [9.17, 15) is 10.1 Å². The van der Waals surface area contributed by atoms with Crippen molar-refractivity contribution in [2.24, 2.45) is 5.73 Å². The maximum atomic E-state index is 12.5. The van der Waals surface area contributed by atoms with E-state index >= 15 is 0 Å². The van der Waals surface area contributed by atoms with Gasteiger partial charge in [-0.25, -0.2) is 4.79 Å². The van der Waals surface area contributed by atoms with Gasteiger partial charge in [-0.3, -0.25) is 0 Å². The number of hydrogen-bond acceptors (Lipinski definition) is 7. The molecule has 7 heteroatoms. The average molecular weight is 370 g/mol. The minimum Gasteiger partial charge on any atom is -0.493 e. The van der Waals surface area contributed by atoms with Crippen LogP contribution in [0, 0.1) is 11.3 Å². The van der Waals surface area contributed by atoms with E-state index in [-0.39, 0.29) is 23.6 Å². The van der Waals surface area contributed by atoms with Crippen LogP contribution in [0.2, 0.25) is 0 Å². The van der Waals surface area contributed by atoms with Crippen LogP contribution in [0.4, 0.5) is 0 Å². The third-order valence-corrected chi connectivity index (χ3v) is 3.98. The minimum absolute atomic E-state index is 0.0426. The predicted octanol–water partition coefficient (Wildman–Crippen LogP) is 2.90. The van der Waals surface area contributed by atoms with Gasteiger partial charge in [0.25, 0.3) is 0 Å². The van der Waals surface area contributed by atoms with Gasteiger partial charge < -0.3 is 24.7 Å². The number of methoxy groups -OCH3 is 1. The zero-order valence-electron chi connectivity index (χ0n) is 15.6. The number of allylic oxidation sites excluding steroid dienone is 2. The maximum absolute atomic E-state index is 12.5. The second-order valence-electron chi connectivity index (χ2n) is 5.63. The molecule has 0 radical (unpaired) electrons. The van der Waals surface area contributed by atoms with Gasteiger partial charge in [-0.05, 0) is 31.5 Å². The first-order chi connectivity index (χ1) is 13.0.